The molecule has 0 bridgehead atoms. The summed E-state index contributed by atoms with van der Waals surface area (Å²) in [6, 6.07) is 13.8. The van der Waals surface area contributed by atoms with E-state index in [2.05, 4.69) is 12.1 Å². The lowest BCUT2D eigenvalue weighted by atomic mass is 9.90. The van der Waals surface area contributed by atoms with Gasteiger partial charge in [0.25, 0.3) is 0 Å². The van der Waals surface area contributed by atoms with Crippen LogP contribution in [0.5, 0.6) is 11.5 Å². The Morgan fingerprint density at radius 1 is 0.900 bits per heavy atom. The van der Waals surface area contributed by atoms with Gasteiger partial charge in [-0.05, 0) is 28.8 Å². The molecule has 1 aliphatic rings. The second-order valence-corrected chi connectivity index (χ2v) is 5.26. The molecule has 0 aliphatic heterocycles. The van der Waals surface area contributed by atoms with E-state index in [0.29, 0.717) is 24.3 Å². The third-order valence-electron chi connectivity index (χ3n) is 3.97. The molecule has 0 saturated carbocycles. The number of fused-ring (bicyclic) bond motifs is 1. The normalized spacial score (nSPS) is 15.8. The Kier molecular flexibility index (Phi) is 3.14. The quantitative estimate of drug-likeness (QED) is 0.932. The topological polar surface area (TPSA) is 38.7 Å². The van der Waals surface area contributed by atoms with Gasteiger partial charge in [0, 0.05) is 18.9 Å². The molecule has 3 rings (SSSR count). The van der Waals surface area contributed by atoms with E-state index in [1.807, 2.05) is 30.3 Å². The number of ether oxygens (including phenoxy) is 2. The van der Waals surface area contributed by atoms with Crippen LogP contribution < -0.4 is 9.47 Å². The molecule has 0 atom stereocenters. The fourth-order valence-corrected chi connectivity index (χ4v) is 2.88. The first-order valence-corrected chi connectivity index (χ1v) is 6.67. The number of aliphatic hydroxyl groups is 1. The second kappa shape index (κ2) is 4.84. The van der Waals surface area contributed by atoms with Crippen molar-refractivity contribution in [2.45, 2.75) is 18.4 Å². The van der Waals surface area contributed by atoms with Crippen LogP contribution in [-0.2, 0) is 18.4 Å². The van der Waals surface area contributed by atoms with Crippen molar-refractivity contribution >= 4 is 0 Å². The molecular formula is C17H18O3. The fraction of sp³-hybridized carbons (Fsp3) is 0.294. The Balaban J connectivity index is 2.01. The van der Waals surface area contributed by atoms with E-state index in [1.165, 1.54) is 11.1 Å². The first-order valence-electron chi connectivity index (χ1n) is 6.67. The molecule has 0 unspecified atom stereocenters. The molecule has 3 nitrogen and oxygen atoms in total. The molecule has 0 radical (unpaired) electrons. The van der Waals surface area contributed by atoms with Crippen LogP contribution in [0.3, 0.4) is 0 Å². The molecule has 0 spiro atoms. The Bertz CT molecular complexity index is 587. The average molecular weight is 270 g/mol. The first-order chi connectivity index (χ1) is 9.64. The zero-order chi connectivity index (χ0) is 14.2. The predicted molar refractivity (Wildman–Crippen MR) is 77.3 cm³/mol. The van der Waals surface area contributed by atoms with Gasteiger partial charge in [-0.3, -0.25) is 0 Å². The van der Waals surface area contributed by atoms with Crippen molar-refractivity contribution in [3.05, 3.63) is 59.2 Å². The van der Waals surface area contributed by atoms with Gasteiger partial charge in [-0.2, -0.15) is 0 Å². The van der Waals surface area contributed by atoms with Crippen LogP contribution in [0.2, 0.25) is 0 Å². The predicted octanol–water partition coefficient (Wildman–Crippen LogP) is 2.69. The van der Waals surface area contributed by atoms with Crippen LogP contribution in [0.25, 0.3) is 0 Å². The van der Waals surface area contributed by atoms with Gasteiger partial charge in [-0.25, -0.2) is 0 Å². The Labute approximate surface area is 118 Å². The van der Waals surface area contributed by atoms with E-state index < -0.39 is 5.60 Å². The highest BCUT2D eigenvalue weighted by Gasteiger charge is 2.37. The second-order valence-electron chi connectivity index (χ2n) is 5.26. The minimum Gasteiger partial charge on any atom is -0.497 e. The number of rotatable bonds is 3. The lowest BCUT2D eigenvalue weighted by molar-refractivity contribution is 0.0477. The van der Waals surface area contributed by atoms with Crippen LogP contribution in [0, 0.1) is 0 Å². The van der Waals surface area contributed by atoms with E-state index in [0.717, 1.165) is 5.56 Å². The molecule has 1 aliphatic carbocycles. The highest BCUT2D eigenvalue weighted by molar-refractivity contribution is 5.45. The summed E-state index contributed by atoms with van der Waals surface area (Å²) in [5.74, 6) is 1.40. The molecule has 0 amide bonds. The number of hydrogen-bond acceptors (Lipinski definition) is 3. The van der Waals surface area contributed by atoms with Gasteiger partial charge in [-0.1, -0.05) is 24.3 Å². The smallest absolute Gasteiger partial charge is 0.122 e. The van der Waals surface area contributed by atoms with Crippen molar-refractivity contribution in [1.29, 1.82) is 0 Å². The minimum absolute atomic E-state index is 0.624. The summed E-state index contributed by atoms with van der Waals surface area (Å²) >= 11 is 0. The number of hydrogen-bond donors (Lipinski definition) is 1. The van der Waals surface area contributed by atoms with Crippen LogP contribution >= 0.6 is 0 Å². The fourth-order valence-electron chi connectivity index (χ4n) is 2.88. The maximum absolute atomic E-state index is 11.0. The van der Waals surface area contributed by atoms with Crippen molar-refractivity contribution < 1.29 is 14.6 Å². The summed E-state index contributed by atoms with van der Waals surface area (Å²) in [4.78, 5) is 0. The third-order valence-corrected chi connectivity index (χ3v) is 3.97. The molecule has 2 aromatic carbocycles. The summed E-state index contributed by atoms with van der Waals surface area (Å²) in [5, 5.41) is 11.0. The number of benzene rings is 2. The standard InChI is InChI=1S/C17H18O3/c1-19-15-7-14(8-16(9-15)20-2)17(18)10-12-5-3-4-6-13(12)11-17/h3-9,18H,10-11H2,1-2H3. The molecule has 0 aromatic heterocycles. The Hall–Kier alpha value is -2.00. The molecule has 0 fully saturated rings. The van der Waals surface area contributed by atoms with Crippen LogP contribution in [-0.4, -0.2) is 19.3 Å². The molecule has 0 saturated heterocycles. The van der Waals surface area contributed by atoms with Gasteiger partial charge in [0.1, 0.15) is 11.5 Å². The van der Waals surface area contributed by atoms with Crippen molar-refractivity contribution in [2.24, 2.45) is 0 Å². The van der Waals surface area contributed by atoms with Gasteiger partial charge in [0.2, 0.25) is 0 Å². The van der Waals surface area contributed by atoms with Crippen molar-refractivity contribution in [3.63, 3.8) is 0 Å². The SMILES string of the molecule is COc1cc(OC)cc(C2(O)Cc3ccccc3C2)c1. The molecule has 2 aromatic rings. The Morgan fingerprint density at radius 2 is 1.40 bits per heavy atom. The van der Waals surface area contributed by atoms with Gasteiger partial charge in [0.05, 0.1) is 19.8 Å². The average Bonchev–Trinajstić information content (AvgIpc) is 2.84. The molecule has 104 valence electrons. The van der Waals surface area contributed by atoms with Gasteiger partial charge < -0.3 is 14.6 Å². The molecule has 1 N–H and O–H groups in total. The monoisotopic (exact) mass is 270 g/mol. The van der Waals surface area contributed by atoms with E-state index >= 15 is 0 Å². The van der Waals surface area contributed by atoms with Crippen molar-refractivity contribution in [3.8, 4) is 11.5 Å². The summed E-state index contributed by atoms with van der Waals surface area (Å²) in [7, 11) is 3.23. The lowest BCUT2D eigenvalue weighted by Crippen LogP contribution is -2.26. The van der Waals surface area contributed by atoms with Gasteiger partial charge in [-0.15, -0.1) is 0 Å². The maximum Gasteiger partial charge on any atom is 0.122 e. The summed E-state index contributed by atoms with van der Waals surface area (Å²) in [6.45, 7) is 0. The van der Waals surface area contributed by atoms with Gasteiger partial charge >= 0.3 is 0 Å². The van der Waals surface area contributed by atoms with Crippen LogP contribution in [0.1, 0.15) is 16.7 Å². The van der Waals surface area contributed by atoms with E-state index in [9.17, 15) is 5.11 Å². The molecule has 0 heterocycles. The highest BCUT2D eigenvalue weighted by Crippen LogP contribution is 2.40. The van der Waals surface area contributed by atoms with Gasteiger partial charge in [0.15, 0.2) is 0 Å². The van der Waals surface area contributed by atoms with Crippen molar-refractivity contribution in [2.75, 3.05) is 14.2 Å². The largest absolute Gasteiger partial charge is 0.497 e. The highest BCUT2D eigenvalue weighted by atomic mass is 16.5. The Morgan fingerprint density at radius 3 is 1.85 bits per heavy atom. The van der Waals surface area contributed by atoms with Crippen LogP contribution in [0.15, 0.2) is 42.5 Å². The van der Waals surface area contributed by atoms with Crippen LogP contribution in [0.4, 0.5) is 0 Å². The van der Waals surface area contributed by atoms with E-state index in [-0.39, 0.29) is 0 Å². The molecular weight excluding hydrogens is 252 g/mol. The van der Waals surface area contributed by atoms with E-state index in [1.54, 1.807) is 14.2 Å². The van der Waals surface area contributed by atoms with E-state index in [4.69, 9.17) is 9.47 Å². The zero-order valence-electron chi connectivity index (χ0n) is 11.7. The zero-order valence-corrected chi connectivity index (χ0v) is 11.7. The maximum atomic E-state index is 11.0. The molecule has 3 heteroatoms. The summed E-state index contributed by atoms with van der Waals surface area (Å²) < 4.78 is 10.6. The van der Waals surface area contributed by atoms with Crippen molar-refractivity contribution in [1.82, 2.24) is 0 Å². The third kappa shape index (κ3) is 2.14. The summed E-state index contributed by atoms with van der Waals surface area (Å²) in [6.07, 6.45) is 1.25. The lowest BCUT2D eigenvalue weighted by Gasteiger charge is -2.24. The number of methoxy groups -OCH3 is 2. The first kappa shape index (κ1) is 13.0. The summed E-state index contributed by atoms with van der Waals surface area (Å²) in [5.41, 5.74) is 2.37. The minimum atomic E-state index is -0.883. The molecule has 20 heavy (non-hydrogen) atoms.